The fourth-order valence-electron chi connectivity index (χ4n) is 4.79. The maximum absolute atomic E-state index is 13.5. The first-order valence-corrected chi connectivity index (χ1v) is 14.4. The standard InChI is InChI=1S/C32H32N2O5S/c1-4-6-7-18-39-24-13-9-21(10-14-24)28-27(29(35)22-11-15-23(16-12-22)38-5-2)30(36)31(37)34(28)32-33-25-17-8-20(3)19-26(25)40-32/h8-17,19,28,35H,4-7,18H2,1-3H3. The number of aromatic nitrogens is 1. The first kappa shape index (κ1) is 27.4. The van der Waals surface area contributed by atoms with Crippen molar-refractivity contribution in [2.75, 3.05) is 18.1 Å². The third-order valence-electron chi connectivity index (χ3n) is 6.83. The minimum absolute atomic E-state index is 0.0150. The molecule has 5 rings (SSSR count). The van der Waals surface area contributed by atoms with E-state index in [1.54, 1.807) is 24.3 Å². The number of fused-ring (bicyclic) bond motifs is 1. The molecular weight excluding hydrogens is 524 g/mol. The van der Waals surface area contributed by atoms with Crippen LogP contribution in [0.15, 0.2) is 72.3 Å². The lowest BCUT2D eigenvalue weighted by Crippen LogP contribution is -2.29. The van der Waals surface area contributed by atoms with Crippen LogP contribution in [0.3, 0.4) is 0 Å². The number of unbranched alkanes of at least 4 members (excludes halogenated alkanes) is 2. The number of amides is 1. The molecule has 1 saturated heterocycles. The second-order valence-electron chi connectivity index (χ2n) is 9.72. The Morgan fingerprint density at radius 3 is 2.35 bits per heavy atom. The molecule has 2 heterocycles. The number of Topliss-reactive ketones (excluding diaryl/α,β-unsaturated/α-hetero) is 1. The van der Waals surface area contributed by atoms with E-state index in [2.05, 4.69) is 6.92 Å². The summed E-state index contributed by atoms with van der Waals surface area (Å²) in [5.74, 6) is -0.375. The first-order valence-electron chi connectivity index (χ1n) is 13.6. The number of ether oxygens (including phenoxy) is 2. The largest absolute Gasteiger partial charge is 0.507 e. The van der Waals surface area contributed by atoms with E-state index in [0.717, 1.165) is 35.0 Å². The molecule has 3 aromatic carbocycles. The van der Waals surface area contributed by atoms with Gasteiger partial charge in [0.15, 0.2) is 5.13 Å². The minimum Gasteiger partial charge on any atom is -0.507 e. The molecule has 1 N–H and O–H groups in total. The van der Waals surface area contributed by atoms with Crippen LogP contribution in [-0.4, -0.2) is 35.0 Å². The van der Waals surface area contributed by atoms with Gasteiger partial charge in [-0.1, -0.05) is 49.3 Å². The Balaban J connectivity index is 1.58. The van der Waals surface area contributed by atoms with Gasteiger partial charge in [0.25, 0.3) is 5.78 Å². The van der Waals surface area contributed by atoms with Crippen LogP contribution in [-0.2, 0) is 9.59 Å². The lowest BCUT2D eigenvalue weighted by molar-refractivity contribution is -0.132. The second-order valence-corrected chi connectivity index (χ2v) is 10.7. The molecule has 0 aliphatic carbocycles. The molecule has 1 aliphatic rings. The number of ketones is 1. The number of hydrogen-bond acceptors (Lipinski definition) is 7. The summed E-state index contributed by atoms with van der Waals surface area (Å²) in [6.07, 6.45) is 3.18. The zero-order chi connectivity index (χ0) is 28.2. The Bertz CT molecular complexity index is 1560. The molecule has 0 radical (unpaired) electrons. The zero-order valence-electron chi connectivity index (χ0n) is 22.8. The van der Waals surface area contributed by atoms with E-state index in [1.165, 1.54) is 16.2 Å². The molecular formula is C32H32N2O5S. The van der Waals surface area contributed by atoms with E-state index in [1.807, 2.05) is 56.3 Å². The number of aliphatic hydroxyl groups excluding tert-OH is 1. The number of hydrogen-bond donors (Lipinski definition) is 1. The van der Waals surface area contributed by atoms with Gasteiger partial charge in [0.2, 0.25) is 0 Å². The van der Waals surface area contributed by atoms with E-state index >= 15 is 0 Å². The molecule has 0 spiro atoms. The Kier molecular flexibility index (Phi) is 8.16. The number of thiazole rings is 1. The van der Waals surface area contributed by atoms with Gasteiger partial charge in [0, 0.05) is 5.56 Å². The van der Waals surface area contributed by atoms with Gasteiger partial charge in [0.05, 0.1) is 35.0 Å². The normalized spacial score (nSPS) is 16.6. The third-order valence-corrected chi connectivity index (χ3v) is 7.85. The Morgan fingerprint density at radius 2 is 1.65 bits per heavy atom. The molecule has 206 valence electrons. The van der Waals surface area contributed by atoms with Gasteiger partial charge in [-0.3, -0.25) is 14.5 Å². The number of aliphatic hydroxyl groups is 1. The van der Waals surface area contributed by atoms with Crippen LogP contribution in [0.25, 0.3) is 16.0 Å². The fraction of sp³-hybridized carbons (Fsp3) is 0.281. The molecule has 4 aromatic rings. The minimum atomic E-state index is -0.859. The molecule has 1 unspecified atom stereocenters. The number of rotatable bonds is 10. The molecule has 1 aromatic heterocycles. The summed E-state index contributed by atoms with van der Waals surface area (Å²) in [6, 6.07) is 19.2. The molecule has 1 atom stereocenters. The zero-order valence-corrected chi connectivity index (χ0v) is 23.7. The number of benzene rings is 3. The van der Waals surface area contributed by atoms with Crippen molar-refractivity contribution in [1.82, 2.24) is 4.98 Å². The average molecular weight is 557 g/mol. The van der Waals surface area contributed by atoms with E-state index in [4.69, 9.17) is 14.5 Å². The topological polar surface area (TPSA) is 89.0 Å². The van der Waals surface area contributed by atoms with Crippen molar-refractivity contribution in [3.8, 4) is 11.5 Å². The quantitative estimate of drug-likeness (QED) is 0.0962. The van der Waals surface area contributed by atoms with Crippen LogP contribution in [0.1, 0.15) is 55.8 Å². The van der Waals surface area contributed by atoms with E-state index in [0.29, 0.717) is 41.0 Å². The monoisotopic (exact) mass is 556 g/mol. The third kappa shape index (κ3) is 5.45. The maximum Gasteiger partial charge on any atom is 0.301 e. The van der Waals surface area contributed by atoms with Crippen molar-refractivity contribution in [3.05, 3.63) is 89.0 Å². The lowest BCUT2D eigenvalue weighted by Gasteiger charge is -2.23. The van der Waals surface area contributed by atoms with Gasteiger partial charge in [0.1, 0.15) is 17.3 Å². The number of nitrogens with zero attached hydrogens (tertiary/aromatic N) is 2. The highest BCUT2D eigenvalue weighted by atomic mass is 32.1. The Hall–Kier alpha value is -4.17. The van der Waals surface area contributed by atoms with Gasteiger partial charge < -0.3 is 14.6 Å². The van der Waals surface area contributed by atoms with Crippen LogP contribution < -0.4 is 14.4 Å². The molecule has 1 aliphatic heterocycles. The number of anilines is 1. The lowest BCUT2D eigenvalue weighted by atomic mass is 9.95. The van der Waals surface area contributed by atoms with Crippen LogP contribution >= 0.6 is 11.3 Å². The molecule has 0 saturated carbocycles. The predicted octanol–water partition coefficient (Wildman–Crippen LogP) is 7.20. The van der Waals surface area contributed by atoms with Crippen molar-refractivity contribution in [2.24, 2.45) is 0 Å². The molecule has 8 heteroatoms. The van der Waals surface area contributed by atoms with Gasteiger partial charge in [-0.15, -0.1) is 0 Å². The SMILES string of the molecule is CCCCCOc1ccc(C2C(=C(O)c3ccc(OCC)cc3)C(=O)C(=O)N2c2nc3ccc(C)cc3s2)cc1. The van der Waals surface area contributed by atoms with Gasteiger partial charge in [-0.05, 0) is 79.9 Å². The van der Waals surface area contributed by atoms with Crippen LogP contribution in [0.5, 0.6) is 11.5 Å². The number of aryl methyl sites for hydroxylation is 1. The van der Waals surface area contributed by atoms with Crippen LogP contribution in [0, 0.1) is 6.92 Å². The van der Waals surface area contributed by atoms with Crippen LogP contribution in [0.2, 0.25) is 0 Å². The summed E-state index contributed by atoms with van der Waals surface area (Å²) >= 11 is 1.35. The maximum atomic E-state index is 13.5. The smallest absolute Gasteiger partial charge is 0.301 e. The highest BCUT2D eigenvalue weighted by molar-refractivity contribution is 7.22. The predicted molar refractivity (Wildman–Crippen MR) is 158 cm³/mol. The summed E-state index contributed by atoms with van der Waals surface area (Å²) in [5, 5.41) is 11.8. The van der Waals surface area contributed by atoms with Gasteiger partial charge >= 0.3 is 5.91 Å². The van der Waals surface area contributed by atoms with E-state index in [-0.39, 0.29) is 11.3 Å². The average Bonchev–Trinajstić information content (AvgIpc) is 3.49. The van der Waals surface area contributed by atoms with E-state index in [9.17, 15) is 14.7 Å². The fourth-order valence-corrected chi connectivity index (χ4v) is 5.88. The summed E-state index contributed by atoms with van der Waals surface area (Å²) in [6.45, 7) is 7.16. The van der Waals surface area contributed by atoms with E-state index < -0.39 is 17.7 Å². The summed E-state index contributed by atoms with van der Waals surface area (Å²) in [4.78, 5) is 33.2. The summed E-state index contributed by atoms with van der Waals surface area (Å²) in [5.41, 5.74) is 2.92. The van der Waals surface area contributed by atoms with Gasteiger partial charge in [-0.2, -0.15) is 0 Å². The highest BCUT2D eigenvalue weighted by Gasteiger charge is 2.48. The molecule has 1 amide bonds. The Labute approximate surface area is 237 Å². The van der Waals surface area contributed by atoms with Crippen molar-refractivity contribution in [1.29, 1.82) is 0 Å². The second kappa shape index (κ2) is 11.9. The molecule has 1 fully saturated rings. The number of carbonyl (C=O) groups is 2. The van der Waals surface area contributed by atoms with Crippen molar-refractivity contribution in [2.45, 2.75) is 46.1 Å². The summed E-state index contributed by atoms with van der Waals surface area (Å²) < 4.78 is 12.3. The molecule has 7 nitrogen and oxygen atoms in total. The Morgan fingerprint density at radius 1 is 0.950 bits per heavy atom. The van der Waals surface area contributed by atoms with Gasteiger partial charge in [-0.25, -0.2) is 4.98 Å². The highest BCUT2D eigenvalue weighted by Crippen LogP contribution is 2.44. The van der Waals surface area contributed by atoms with Crippen molar-refractivity contribution < 1.29 is 24.2 Å². The molecule has 40 heavy (non-hydrogen) atoms. The summed E-state index contributed by atoms with van der Waals surface area (Å²) in [7, 11) is 0. The molecule has 0 bridgehead atoms. The first-order chi connectivity index (χ1) is 19.4. The van der Waals surface area contributed by atoms with Crippen molar-refractivity contribution >= 4 is 44.1 Å². The van der Waals surface area contributed by atoms with Crippen molar-refractivity contribution in [3.63, 3.8) is 0 Å². The number of carbonyl (C=O) groups excluding carboxylic acids is 2. The van der Waals surface area contributed by atoms with Crippen LogP contribution in [0.4, 0.5) is 5.13 Å².